The van der Waals surface area contributed by atoms with Gasteiger partial charge in [-0.05, 0) is 38.5 Å². The third-order valence-electron chi connectivity index (χ3n) is 2.63. The van der Waals surface area contributed by atoms with Crippen LogP contribution in [0.1, 0.15) is 52.1 Å². The molecule has 0 spiro atoms. The van der Waals surface area contributed by atoms with Crippen LogP contribution in [0.15, 0.2) is 24.5 Å². The van der Waals surface area contributed by atoms with Crippen LogP contribution in [0.25, 0.3) is 0 Å². The van der Waals surface area contributed by atoms with Crippen molar-refractivity contribution in [3.05, 3.63) is 30.1 Å². The van der Waals surface area contributed by atoms with Crippen LogP contribution in [0.4, 0.5) is 4.79 Å². The van der Waals surface area contributed by atoms with Crippen molar-refractivity contribution in [1.82, 2.24) is 10.3 Å². The molecule has 0 unspecified atom stereocenters. The predicted molar refractivity (Wildman–Crippen MR) is 76.3 cm³/mol. The molecule has 0 bridgehead atoms. The average molecular weight is 278 g/mol. The quantitative estimate of drug-likeness (QED) is 0.899. The molecule has 1 rings (SSSR count). The number of Topliss-reactive ketones (excluding diaryl/α,β-unsaturated/α-hetero) is 1. The van der Waals surface area contributed by atoms with Crippen molar-refractivity contribution in [1.29, 1.82) is 0 Å². The number of carbonyl (C=O) groups excluding carboxylic acids is 2. The molecule has 5 nitrogen and oxygen atoms in total. The molecular formula is C15H22N2O3. The summed E-state index contributed by atoms with van der Waals surface area (Å²) in [7, 11) is 0. The number of rotatable bonds is 5. The van der Waals surface area contributed by atoms with Crippen LogP contribution in [0, 0.1) is 0 Å². The highest BCUT2D eigenvalue weighted by atomic mass is 16.6. The largest absolute Gasteiger partial charge is 0.444 e. The molecule has 110 valence electrons. The van der Waals surface area contributed by atoms with E-state index in [0.29, 0.717) is 6.42 Å². The molecule has 1 N–H and O–H groups in total. The van der Waals surface area contributed by atoms with Crippen molar-refractivity contribution in [2.45, 2.75) is 52.2 Å². The molecule has 0 radical (unpaired) electrons. The summed E-state index contributed by atoms with van der Waals surface area (Å²) in [5.74, 6) is 0.0860. The van der Waals surface area contributed by atoms with Gasteiger partial charge in [-0.2, -0.15) is 0 Å². The highest BCUT2D eigenvalue weighted by Gasteiger charge is 2.22. The number of nitrogens with zero attached hydrogens (tertiary/aromatic N) is 1. The Bertz CT molecular complexity index is 452. The van der Waals surface area contributed by atoms with E-state index in [2.05, 4.69) is 10.3 Å². The minimum absolute atomic E-state index is 0.0860. The fraction of sp³-hybridized carbons (Fsp3) is 0.533. The van der Waals surface area contributed by atoms with E-state index in [-0.39, 0.29) is 18.2 Å². The Morgan fingerprint density at radius 1 is 1.30 bits per heavy atom. The zero-order chi connectivity index (χ0) is 15.2. The maximum absolute atomic E-state index is 11.9. The topological polar surface area (TPSA) is 68.3 Å². The van der Waals surface area contributed by atoms with Crippen LogP contribution < -0.4 is 5.32 Å². The molecule has 1 aromatic rings. The first-order valence-electron chi connectivity index (χ1n) is 6.73. The first kappa shape index (κ1) is 16.1. The van der Waals surface area contributed by atoms with Gasteiger partial charge in [0.2, 0.25) is 0 Å². The standard InChI is InChI=1S/C15H22N2O3/c1-5-12(18)10-13(11-6-8-16-9-7-11)17-14(19)20-15(2,3)4/h6-9,13H,5,10H2,1-4H3,(H,17,19)/t13-/m1/s1. The summed E-state index contributed by atoms with van der Waals surface area (Å²) in [5.41, 5.74) is 0.273. The van der Waals surface area contributed by atoms with E-state index in [1.165, 1.54) is 0 Å². The number of carbonyl (C=O) groups is 2. The Balaban J connectivity index is 2.78. The third-order valence-corrected chi connectivity index (χ3v) is 2.63. The van der Waals surface area contributed by atoms with Crippen molar-refractivity contribution in [2.24, 2.45) is 0 Å². The van der Waals surface area contributed by atoms with Crippen LogP contribution >= 0.6 is 0 Å². The molecule has 5 heteroatoms. The molecule has 0 aliphatic carbocycles. The van der Waals surface area contributed by atoms with Gasteiger partial charge >= 0.3 is 6.09 Å². The van der Waals surface area contributed by atoms with Gasteiger partial charge in [0, 0.05) is 25.2 Å². The van der Waals surface area contributed by atoms with Gasteiger partial charge in [-0.1, -0.05) is 6.92 Å². The lowest BCUT2D eigenvalue weighted by atomic mass is 10.0. The molecular weight excluding hydrogens is 256 g/mol. The maximum Gasteiger partial charge on any atom is 0.408 e. The third kappa shape index (κ3) is 5.82. The summed E-state index contributed by atoms with van der Waals surface area (Å²) in [6.45, 7) is 7.20. The van der Waals surface area contributed by atoms with Gasteiger partial charge in [0.05, 0.1) is 6.04 Å². The lowest BCUT2D eigenvalue weighted by Gasteiger charge is -2.23. The second kappa shape index (κ2) is 7.03. The SMILES string of the molecule is CCC(=O)C[C@@H](NC(=O)OC(C)(C)C)c1ccncc1. The van der Waals surface area contributed by atoms with E-state index in [4.69, 9.17) is 4.74 Å². The van der Waals surface area contributed by atoms with E-state index in [9.17, 15) is 9.59 Å². The lowest BCUT2D eigenvalue weighted by Crippen LogP contribution is -2.35. The summed E-state index contributed by atoms with van der Waals surface area (Å²) in [4.78, 5) is 27.4. The van der Waals surface area contributed by atoms with Crippen molar-refractivity contribution in [3.8, 4) is 0 Å². The van der Waals surface area contributed by atoms with E-state index in [1.54, 1.807) is 52.2 Å². The fourth-order valence-electron chi connectivity index (χ4n) is 1.67. The van der Waals surface area contributed by atoms with Crippen LogP contribution in [0.3, 0.4) is 0 Å². The van der Waals surface area contributed by atoms with E-state index in [1.807, 2.05) is 0 Å². The zero-order valence-corrected chi connectivity index (χ0v) is 12.5. The number of alkyl carbamates (subject to hydrolysis) is 1. The zero-order valence-electron chi connectivity index (χ0n) is 12.5. The lowest BCUT2D eigenvalue weighted by molar-refractivity contribution is -0.119. The monoisotopic (exact) mass is 278 g/mol. The Morgan fingerprint density at radius 2 is 1.90 bits per heavy atom. The van der Waals surface area contributed by atoms with Crippen molar-refractivity contribution < 1.29 is 14.3 Å². The van der Waals surface area contributed by atoms with Gasteiger partial charge in [0.25, 0.3) is 0 Å². The van der Waals surface area contributed by atoms with E-state index in [0.717, 1.165) is 5.56 Å². The number of aromatic nitrogens is 1. The Hall–Kier alpha value is -1.91. The fourth-order valence-corrected chi connectivity index (χ4v) is 1.67. The van der Waals surface area contributed by atoms with E-state index >= 15 is 0 Å². The van der Waals surface area contributed by atoms with Crippen LogP contribution in [0.5, 0.6) is 0 Å². The summed E-state index contributed by atoms with van der Waals surface area (Å²) >= 11 is 0. The number of hydrogen-bond acceptors (Lipinski definition) is 4. The molecule has 1 aromatic heterocycles. The van der Waals surface area contributed by atoms with Gasteiger partial charge in [-0.15, -0.1) is 0 Å². The van der Waals surface area contributed by atoms with Gasteiger partial charge in [-0.3, -0.25) is 9.78 Å². The van der Waals surface area contributed by atoms with Crippen LogP contribution in [0.2, 0.25) is 0 Å². The molecule has 0 aliphatic heterocycles. The van der Waals surface area contributed by atoms with Gasteiger partial charge < -0.3 is 10.1 Å². The first-order chi connectivity index (χ1) is 9.31. The molecule has 1 atom stereocenters. The molecule has 0 aromatic carbocycles. The molecule has 1 heterocycles. The van der Waals surface area contributed by atoms with Gasteiger partial charge in [0.15, 0.2) is 0 Å². The Morgan fingerprint density at radius 3 is 2.40 bits per heavy atom. The number of hydrogen-bond donors (Lipinski definition) is 1. The van der Waals surface area contributed by atoms with Gasteiger partial charge in [-0.25, -0.2) is 4.79 Å². The second-order valence-corrected chi connectivity index (χ2v) is 5.58. The summed E-state index contributed by atoms with van der Waals surface area (Å²) in [6.07, 6.45) is 3.44. The molecule has 0 fully saturated rings. The Kier molecular flexibility index (Phi) is 5.67. The maximum atomic E-state index is 11.9. The minimum atomic E-state index is -0.568. The number of pyridine rings is 1. The highest BCUT2D eigenvalue weighted by Crippen LogP contribution is 2.18. The summed E-state index contributed by atoms with van der Waals surface area (Å²) < 4.78 is 5.23. The molecule has 0 saturated carbocycles. The highest BCUT2D eigenvalue weighted by molar-refractivity contribution is 5.79. The molecule has 0 aliphatic rings. The average Bonchev–Trinajstić information content (AvgIpc) is 2.36. The number of nitrogens with one attached hydrogen (secondary N) is 1. The number of ketones is 1. The van der Waals surface area contributed by atoms with Crippen LogP contribution in [-0.4, -0.2) is 22.5 Å². The molecule has 0 saturated heterocycles. The summed E-state index contributed by atoms with van der Waals surface area (Å²) in [6, 6.07) is 3.18. The smallest absolute Gasteiger partial charge is 0.408 e. The molecule has 1 amide bonds. The predicted octanol–water partition coefficient (Wildman–Crippen LogP) is 3.02. The van der Waals surface area contributed by atoms with Crippen LogP contribution in [-0.2, 0) is 9.53 Å². The molecule has 20 heavy (non-hydrogen) atoms. The normalized spacial score (nSPS) is 12.6. The van der Waals surface area contributed by atoms with Crippen molar-refractivity contribution >= 4 is 11.9 Å². The van der Waals surface area contributed by atoms with Gasteiger partial charge in [0.1, 0.15) is 11.4 Å². The van der Waals surface area contributed by atoms with Crippen molar-refractivity contribution in [3.63, 3.8) is 0 Å². The number of amides is 1. The van der Waals surface area contributed by atoms with E-state index < -0.39 is 11.7 Å². The number of ether oxygens (including phenoxy) is 1. The minimum Gasteiger partial charge on any atom is -0.444 e. The first-order valence-corrected chi connectivity index (χ1v) is 6.73. The Labute approximate surface area is 119 Å². The van der Waals surface area contributed by atoms with Crippen molar-refractivity contribution in [2.75, 3.05) is 0 Å². The summed E-state index contributed by atoms with van der Waals surface area (Å²) in [5, 5.41) is 2.75. The second-order valence-electron chi connectivity index (χ2n) is 5.58.